The minimum Gasteiger partial charge on any atom is -0.478 e. The fourth-order valence-electron chi connectivity index (χ4n) is 1.79. The van der Waals surface area contributed by atoms with E-state index in [1.807, 2.05) is 24.3 Å². The van der Waals surface area contributed by atoms with E-state index in [1.165, 1.54) is 6.26 Å². The molecule has 3 rings (SSSR count). The Labute approximate surface area is 118 Å². The van der Waals surface area contributed by atoms with Crippen molar-refractivity contribution in [3.63, 3.8) is 0 Å². The van der Waals surface area contributed by atoms with Crippen LogP contribution in [0.25, 0.3) is 10.9 Å². The Morgan fingerprint density at radius 1 is 1.30 bits per heavy atom. The second kappa shape index (κ2) is 4.97. The van der Waals surface area contributed by atoms with Gasteiger partial charge >= 0.3 is 5.97 Å². The summed E-state index contributed by atoms with van der Waals surface area (Å²) < 4.78 is 5.23. The molecular formula is C14H10N2O3S. The quantitative estimate of drug-likeness (QED) is 0.795. The first-order chi connectivity index (χ1) is 9.63. The fraction of sp³-hybridized carbons (Fsp3) is 0.0714. The summed E-state index contributed by atoms with van der Waals surface area (Å²) in [5.74, 6) is -1.02. The number of oxazole rings is 1. The highest BCUT2D eigenvalue weighted by molar-refractivity contribution is 7.99. The Bertz CT molecular complexity index is 798. The van der Waals surface area contributed by atoms with E-state index in [2.05, 4.69) is 9.97 Å². The Morgan fingerprint density at radius 3 is 2.80 bits per heavy atom. The number of aromatic nitrogens is 2. The molecule has 0 amide bonds. The third-order valence-electron chi connectivity index (χ3n) is 2.70. The van der Waals surface area contributed by atoms with Gasteiger partial charge in [-0.2, -0.15) is 0 Å². The molecule has 6 heteroatoms. The first-order valence-electron chi connectivity index (χ1n) is 5.86. The molecule has 0 aliphatic heterocycles. The number of hydrogen-bond donors (Lipinski definition) is 1. The third-order valence-corrected chi connectivity index (χ3v) is 3.57. The van der Waals surface area contributed by atoms with Gasteiger partial charge in [-0.1, -0.05) is 18.2 Å². The zero-order chi connectivity index (χ0) is 14.1. The smallest absolute Gasteiger partial charge is 0.338 e. The number of aryl methyl sites for hydroxylation is 1. The molecule has 0 saturated carbocycles. The van der Waals surface area contributed by atoms with Crippen molar-refractivity contribution < 1.29 is 14.3 Å². The van der Waals surface area contributed by atoms with E-state index < -0.39 is 5.97 Å². The first-order valence-corrected chi connectivity index (χ1v) is 6.68. The van der Waals surface area contributed by atoms with Gasteiger partial charge in [0.15, 0.2) is 0 Å². The standard InChI is InChI=1S/C14H10N2O3S/c1-8-7-19-14(15-8)20-12-10(13(17)18)6-9-4-2-3-5-11(9)16-12/h2-7H,1H3,(H,17,18). The highest BCUT2D eigenvalue weighted by atomic mass is 32.2. The summed E-state index contributed by atoms with van der Waals surface area (Å²) in [7, 11) is 0. The van der Waals surface area contributed by atoms with E-state index in [0.29, 0.717) is 10.2 Å². The number of benzene rings is 1. The number of hydrogen-bond acceptors (Lipinski definition) is 5. The van der Waals surface area contributed by atoms with Crippen LogP contribution < -0.4 is 0 Å². The van der Waals surface area contributed by atoms with Crippen molar-refractivity contribution in [2.45, 2.75) is 17.2 Å². The molecule has 0 atom stereocenters. The van der Waals surface area contributed by atoms with Crippen LogP contribution in [0.5, 0.6) is 0 Å². The van der Waals surface area contributed by atoms with Crippen molar-refractivity contribution >= 4 is 28.6 Å². The van der Waals surface area contributed by atoms with E-state index in [9.17, 15) is 9.90 Å². The van der Waals surface area contributed by atoms with Crippen LogP contribution in [0.2, 0.25) is 0 Å². The number of carboxylic acids is 1. The van der Waals surface area contributed by atoms with Gasteiger partial charge in [-0.15, -0.1) is 0 Å². The normalized spacial score (nSPS) is 10.8. The van der Waals surface area contributed by atoms with Gasteiger partial charge in [0.2, 0.25) is 0 Å². The molecule has 2 heterocycles. The molecule has 0 unspecified atom stereocenters. The van der Waals surface area contributed by atoms with Gasteiger partial charge in [0, 0.05) is 5.39 Å². The predicted molar refractivity (Wildman–Crippen MR) is 74.1 cm³/mol. The number of aromatic carboxylic acids is 1. The summed E-state index contributed by atoms with van der Waals surface area (Å²) in [5, 5.41) is 10.8. The summed E-state index contributed by atoms with van der Waals surface area (Å²) in [6.07, 6.45) is 1.52. The van der Waals surface area contributed by atoms with E-state index in [-0.39, 0.29) is 5.56 Å². The number of pyridine rings is 1. The van der Waals surface area contributed by atoms with E-state index >= 15 is 0 Å². The summed E-state index contributed by atoms with van der Waals surface area (Å²) in [5.41, 5.74) is 1.62. The largest absolute Gasteiger partial charge is 0.478 e. The number of carboxylic acid groups (broad SMARTS) is 1. The molecule has 0 radical (unpaired) electrons. The van der Waals surface area contributed by atoms with E-state index in [0.717, 1.165) is 28.4 Å². The Morgan fingerprint density at radius 2 is 2.10 bits per heavy atom. The highest BCUT2D eigenvalue weighted by Gasteiger charge is 2.16. The number of para-hydroxylation sites is 1. The van der Waals surface area contributed by atoms with Gasteiger partial charge in [0.25, 0.3) is 5.22 Å². The lowest BCUT2D eigenvalue weighted by molar-refractivity contribution is 0.0692. The number of nitrogens with zero attached hydrogens (tertiary/aromatic N) is 2. The molecule has 0 aliphatic carbocycles. The van der Waals surface area contributed by atoms with Crippen molar-refractivity contribution in [2.75, 3.05) is 0 Å². The number of carbonyl (C=O) groups is 1. The molecule has 0 saturated heterocycles. The minimum absolute atomic E-state index is 0.143. The lowest BCUT2D eigenvalue weighted by Gasteiger charge is -2.05. The highest BCUT2D eigenvalue weighted by Crippen LogP contribution is 2.30. The van der Waals surface area contributed by atoms with Gasteiger partial charge in [0.05, 0.1) is 16.8 Å². The summed E-state index contributed by atoms with van der Waals surface area (Å²) in [4.78, 5) is 19.9. The van der Waals surface area contributed by atoms with Crippen LogP contribution >= 0.6 is 11.8 Å². The molecule has 1 N–H and O–H groups in total. The molecular weight excluding hydrogens is 276 g/mol. The third kappa shape index (κ3) is 2.37. The lowest BCUT2D eigenvalue weighted by atomic mass is 10.1. The van der Waals surface area contributed by atoms with Gasteiger partial charge in [-0.25, -0.2) is 14.8 Å². The SMILES string of the molecule is Cc1coc(Sc2nc3ccccc3cc2C(=O)O)n1. The van der Waals surface area contributed by atoms with Gasteiger partial charge in [0.1, 0.15) is 11.3 Å². The zero-order valence-corrected chi connectivity index (χ0v) is 11.3. The van der Waals surface area contributed by atoms with Crippen LogP contribution in [-0.4, -0.2) is 21.0 Å². The van der Waals surface area contributed by atoms with Crippen LogP contribution in [0.4, 0.5) is 0 Å². The molecule has 5 nitrogen and oxygen atoms in total. The van der Waals surface area contributed by atoms with E-state index in [4.69, 9.17) is 4.42 Å². The Kier molecular flexibility index (Phi) is 3.15. The van der Waals surface area contributed by atoms with Crippen molar-refractivity contribution in [2.24, 2.45) is 0 Å². The van der Waals surface area contributed by atoms with Crippen LogP contribution in [-0.2, 0) is 0 Å². The Balaban J connectivity index is 2.11. The molecule has 0 bridgehead atoms. The summed E-state index contributed by atoms with van der Waals surface area (Å²) in [6.45, 7) is 1.81. The summed E-state index contributed by atoms with van der Waals surface area (Å²) >= 11 is 1.11. The van der Waals surface area contributed by atoms with Crippen LogP contribution in [0, 0.1) is 6.92 Å². The Hall–Kier alpha value is -2.34. The molecule has 2 aromatic heterocycles. The molecule has 3 aromatic rings. The van der Waals surface area contributed by atoms with Crippen molar-refractivity contribution in [3.05, 3.63) is 47.9 Å². The maximum atomic E-state index is 11.4. The summed E-state index contributed by atoms with van der Waals surface area (Å²) in [6, 6.07) is 8.99. The van der Waals surface area contributed by atoms with Gasteiger partial charge < -0.3 is 9.52 Å². The second-order valence-electron chi connectivity index (χ2n) is 4.20. The van der Waals surface area contributed by atoms with E-state index in [1.54, 1.807) is 13.0 Å². The topological polar surface area (TPSA) is 76.2 Å². The maximum absolute atomic E-state index is 11.4. The van der Waals surface area contributed by atoms with Gasteiger partial charge in [-0.3, -0.25) is 0 Å². The van der Waals surface area contributed by atoms with Crippen LogP contribution in [0.1, 0.15) is 16.1 Å². The monoisotopic (exact) mass is 286 g/mol. The first kappa shape index (κ1) is 12.7. The molecule has 100 valence electrons. The van der Waals surface area contributed by atoms with Crippen molar-refractivity contribution in [3.8, 4) is 0 Å². The zero-order valence-electron chi connectivity index (χ0n) is 10.5. The molecule has 20 heavy (non-hydrogen) atoms. The molecule has 0 aliphatic rings. The lowest BCUT2D eigenvalue weighted by Crippen LogP contribution is -2.01. The molecule has 1 aromatic carbocycles. The number of rotatable bonds is 3. The van der Waals surface area contributed by atoms with Crippen molar-refractivity contribution in [1.29, 1.82) is 0 Å². The maximum Gasteiger partial charge on any atom is 0.338 e. The fourth-order valence-corrected chi connectivity index (χ4v) is 2.64. The molecule has 0 fully saturated rings. The minimum atomic E-state index is -1.02. The van der Waals surface area contributed by atoms with Gasteiger partial charge in [-0.05, 0) is 30.8 Å². The van der Waals surface area contributed by atoms with Crippen molar-refractivity contribution in [1.82, 2.24) is 9.97 Å². The average molecular weight is 286 g/mol. The number of fused-ring (bicyclic) bond motifs is 1. The van der Waals surface area contributed by atoms with Crippen LogP contribution in [0.3, 0.4) is 0 Å². The van der Waals surface area contributed by atoms with Crippen LogP contribution in [0.15, 0.2) is 51.3 Å². The average Bonchev–Trinajstić information content (AvgIpc) is 2.83. The predicted octanol–water partition coefficient (Wildman–Crippen LogP) is 3.38. The molecule has 0 spiro atoms. The second-order valence-corrected chi connectivity index (χ2v) is 5.14.